The summed E-state index contributed by atoms with van der Waals surface area (Å²) in [6.07, 6.45) is 0. The largest absolute Gasteiger partial charge is 0.332 e. The Morgan fingerprint density at radius 3 is 2.48 bits per heavy atom. The first-order chi connectivity index (χ1) is 10.9. The van der Waals surface area contributed by atoms with Gasteiger partial charge in [-0.05, 0) is 35.8 Å². The van der Waals surface area contributed by atoms with E-state index in [9.17, 15) is 14.5 Å². The number of nitrogens with one attached hydrogen (secondary N) is 2. The first-order valence-electron chi connectivity index (χ1n) is 6.99. The molecule has 0 radical (unpaired) electrons. The van der Waals surface area contributed by atoms with Crippen LogP contribution in [0.5, 0.6) is 0 Å². The summed E-state index contributed by atoms with van der Waals surface area (Å²) >= 11 is 5.17. The third-order valence-corrected chi connectivity index (χ3v) is 3.44. The summed E-state index contributed by atoms with van der Waals surface area (Å²) in [5, 5.41) is 16.6. The normalized spacial score (nSPS) is 10.4. The number of thiocarbonyl (C=S) groups is 1. The van der Waals surface area contributed by atoms with Gasteiger partial charge in [0.05, 0.1) is 10.6 Å². The number of hydrogen-bond donors (Lipinski definition) is 2. The molecule has 0 atom stereocenters. The molecule has 0 aliphatic heterocycles. The molecule has 7 heteroatoms. The number of hydrogen-bond acceptors (Lipinski definition) is 3. The molecule has 23 heavy (non-hydrogen) atoms. The van der Waals surface area contributed by atoms with E-state index < -0.39 is 10.7 Å². The van der Waals surface area contributed by atoms with Crippen LogP contribution in [0, 0.1) is 15.9 Å². The van der Waals surface area contributed by atoms with Crippen molar-refractivity contribution in [3.63, 3.8) is 0 Å². The van der Waals surface area contributed by atoms with E-state index in [1.165, 1.54) is 0 Å². The maximum Gasteiger partial charge on any atom is 0.271 e. The van der Waals surface area contributed by atoms with E-state index >= 15 is 0 Å². The highest BCUT2D eigenvalue weighted by atomic mass is 32.1. The van der Waals surface area contributed by atoms with Gasteiger partial charge in [0.25, 0.3) is 5.69 Å². The summed E-state index contributed by atoms with van der Waals surface area (Å²) < 4.78 is 13.8. The summed E-state index contributed by atoms with van der Waals surface area (Å²) in [5.41, 5.74) is 1.63. The number of nitro groups is 1. The number of halogens is 1. The summed E-state index contributed by atoms with van der Waals surface area (Å²) in [6, 6.07) is 10.9. The van der Waals surface area contributed by atoms with Crippen LogP contribution >= 0.6 is 12.2 Å². The Labute approximate surface area is 138 Å². The van der Waals surface area contributed by atoms with Gasteiger partial charge in [0, 0.05) is 17.8 Å². The molecule has 0 aliphatic rings. The second-order valence-electron chi connectivity index (χ2n) is 5.24. The molecule has 0 amide bonds. The molecule has 0 aromatic heterocycles. The standard InChI is InChI=1S/C16H16FN3O2S/c1-10(2)12-5-3-4-6-14(12)18-16(23)19-15-9-11(20(21)22)7-8-13(15)17/h3-10H,1-2H3,(H2,18,19,23). The van der Waals surface area contributed by atoms with Crippen molar-refractivity contribution in [2.45, 2.75) is 19.8 Å². The van der Waals surface area contributed by atoms with Crippen LogP contribution < -0.4 is 10.6 Å². The second-order valence-corrected chi connectivity index (χ2v) is 5.65. The van der Waals surface area contributed by atoms with Crippen LogP contribution in [0.25, 0.3) is 0 Å². The van der Waals surface area contributed by atoms with Gasteiger partial charge in [-0.25, -0.2) is 4.39 Å². The van der Waals surface area contributed by atoms with E-state index in [2.05, 4.69) is 24.5 Å². The number of para-hydroxylation sites is 1. The molecule has 2 aromatic rings. The molecular weight excluding hydrogens is 317 g/mol. The van der Waals surface area contributed by atoms with Crippen LogP contribution in [0.1, 0.15) is 25.3 Å². The average Bonchev–Trinajstić information content (AvgIpc) is 2.49. The van der Waals surface area contributed by atoms with E-state index in [1.807, 2.05) is 24.3 Å². The quantitative estimate of drug-likeness (QED) is 0.484. The first kappa shape index (κ1) is 16.8. The van der Waals surface area contributed by atoms with Gasteiger partial charge >= 0.3 is 0 Å². The molecule has 0 unspecified atom stereocenters. The monoisotopic (exact) mass is 333 g/mol. The highest BCUT2D eigenvalue weighted by Crippen LogP contribution is 2.25. The Kier molecular flexibility index (Phi) is 5.23. The van der Waals surface area contributed by atoms with Crippen LogP contribution in [0.15, 0.2) is 42.5 Å². The van der Waals surface area contributed by atoms with Crippen molar-refractivity contribution in [2.75, 3.05) is 10.6 Å². The highest BCUT2D eigenvalue weighted by molar-refractivity contribution is 7.80. The number of non-ortho nitro benzene ring substituents is 1. The lowest BCUT2D eigenvalue weighted by atomic mass is 10.0. The van der Waals surface area contributed by atoms with Crippen molar-refractivity contribution in [1.82, 2.24) is 0 Å². The number of nitrogens with zero attached hydrogens (tertiary/aromatic N) is 1. The third-order valence-electron chi connectivity index (χ3n) is 3.24. The topological polar surface area (TPSA) is 67.2 Å². The van der Waals surface area contributed by atoms with Crippen molar-refractivity contribution in [3.8, 4) is 0 Å². The predicted octanol–water partition coefficient (Wildman–Crippen LogP) is 4.67. The van der Waals surface area contributed by atoms with Gasteiger partial charge in [0.2, 0.25) is 0 Å². The van der Waals surface area contributed by atoms with Gasteiger partial charge in [-0.3, -0.25) is 10.1 Å². The molecule has 2 rings (SSSR count). The van der Waals surface area contributed by atoms with E-state index in [4.69, 9.17) is 12.2 Å². The molecule has 0 fully saturated rings. The van der Waals surface area contributed by atoms with Gasteiger partial charge in [-0.15, -0.1) is 0 Å². The lowest BCUT2D eigenvalue weighted by Gasteiger charge is -2.16. The molecule has 0 bridgehead atoms. The molecule has 0 saturated heterocycles. The maximum atomic E-state index is 13.8. The minimum absolute atomic E-state index is 0.0428. The SMILES string of the molecule is CC(C)c1ccccc1NC(=S)Nc1cc([N+](=O)[O-])ccc1F. The summed E-state index contributed by atoms with van der Waals surface area (Å²) in [4.78, 5) is 10.2. The lowest BCUT2D eigenvalue weighted by molar-refractivity contribution is -0.384. The van der Waals surface area contributed by atoms with Crippen molar-refractivity contribution >= 4 is 34.4 Å². The predicted molar refractivity (Wildman–Crippen MR) is 93.4 cm³/mol. The molecule has 120 valence electrons. The van der Waals surface area contributed by atoms with Crippen LogP contribution in [-0.2, 0) is 0 Å². The van der Waals surface area contributed by atoms with Gasteiger partial charge in [-0.2, -0.15) is 0 Å². The zero-order chi connectivity index (χ0) is 17.0. The van der Waals surface area contributed by atoms with Gasteiger partial charge in [0.1, 0.15) is 5.82 Å². The first-order valence-corrected chi connectivity index (χ1v) is 7.40. The minimum Gasteiger partial charge on any atom is -0.332 e. The number of nitro benzene ring substituents is 1. The van der Waals surface area contributed by atoms with E-state index in [0.29, 0.717) is 0 Å². The van der Waals surface area contributed by atoms with Gasteiger partial charge < -0.3 is 10.6 Å². The Morgan fingerprint density at radius 1 is 1.17 bits per heavy atom. The summed E-state index contributed by atoms with van der Waals surface area (Å²) in [6.45, 7) is 4.11. The van der Waals surface area contributed by atoms with Crippen molar-refractivity contribution < 1.29 is 9.31 Å². The fraction of sp³-hybridized carbons (Fsp3) is 0.188. The fourth-order valence-corrected chi connectivity index (χ4v) is 2.33. The van der Waals surface area contributed by atoms with Crippen LogP contribution in [0.4, 0.5) is 21.5 Å². The zero-order valence-corrected chi connectivity index (χ0v) is 13.5. The highest BCUT2D eigenvalue weighted by Gasteiger charge is 2.13. The molecule has 0 saturated carbocycles. The lowest BCUT2D eigenvalue weighted by Crippen LogP contribution is -2.20. The second kappa shape index (κ2) is 7.15. The van der Waals surface area contributed by atoms with E-state index in [1.54, 1.807) is 0 Å². The van der Waals surface area contributed by atoms with Crippen molar-refractivity contribution in [1.29, 1.82) is 0 Å². The van der Waals surface area contributed by atoms with Gasteiger partial charge in [0.15, 0.2) is 5.11 Å². The molecular formula is C16H16FN3O2S. The Morgan fingerprint density at radius 2 is 1.83 bits per heavy atom. The molecule has 0 aliphatic carbocycles. The minimum atomic E-state index is -0.614. The smallest absolute Gasteiger partial charge is 0.271 e. The van der Waals surface area contributed by atoms with Crippen LogP contribution in [0.3, 0.4) is 0 Å². The summed E-state index contributed by atoms with van der Waals surface area (Å²) in [7, 11) is 0. The molecule has 2 N–H and O–H groups in total. The average molecular weight is 333 g/mol. The number of benzene rings is 2. The Bertz CT molecular complexity index is 750. The molecule has 0 spiro atoms. The van der Waals surface area contributed by atoms with Crippen molar-refractivity contribution in [3.05, 3.63) is 64.0 Å². The Hall–Kier alpha value is -2.54. The zero-order valence-electron chi connectivity index (χ0n) is 12.7. The van der Waals surface area contributed by atoms with Gasteiger partial charge in [-0.1, -0.05) is 32.0 Å². The molecule has 0 heterocycles. The van der Waals surface area contributed by atoms with Crippen LogP contribution in [0.2, 0.25) is 0 Å². The number of anilines is 2. The maximum absolute atomic E-state index is 13.8. The third kappa shape index (κ3) is 4.23. The van der Waals surface area contributed by atoms with E-state index in [0.717, 1.165) is 29.4 Å². The summed E-state index contributed by atoms with van der Waals surface area (Å²) in [5.74, 6) is -0.326. The van der Waals surface area contributed by atoms with Crippen LogP contribution in [-0.4, -0.2) is 10.0 Å². The fourth-order valence-electron chi connectivity index (χ4n) is 2.11. The Balaban J connectivity index is 2.18. The molecule has 2 aromatic carbocycles. The van der Waals surface area contributed by atoms with Crippen molar-refractivity contribution in [2.24, 2.45) is 0 Å². The molecule has 5 nitrogen and oxygen atoms in total. The van der Waals surface area contributed by atoms with E-state index in [-0.39, 0.29) is 22.4 Å². The number of rotatable bonds is 4.